The van der Waals surface area contributed by atoms with Crippen molar-refractivity contribution in [1.29, 1.82) is 0 Å². The minimum absolute atomic E-state index is 0.531. The van der Waals surface area contributed by atoms with E-state index < -0.39 is 0 Å². The average molecular weight is 230 g/mol. The molecule has 2 aromatic heterocycles. The second kappa shape index (κ2) is 4.04. The van der Waals surface area contributed by atoms with Gasteiger partial charge < -0.3 is 15.0 Å². The van der Waals surface area contributed by atoms with Gasteiger partial charge in [0, 0.05) is 25.3 Å². The zero-order chi connectivity index (χ0) is 11.8. The maximum Gasteiger partial charge on any atom is 0.152 e. The van der Waals surface area contributed by atoms with Crippen molar-refractivity contribution in [2.24, 2.45) is 5.73 Å². The Kier molecular flexibility index (Phi) is 2.52. The lowest BCUT2D eigenvalue weighted by Crippen LogP contribution is -2.28. The van der Waals surface area contributed by atoms with E-state index in [0.717, 1.165) is 23.7 Å². The summed E-state index contributed by atoms with van der Waals surface area (Å²) < 4.78 is 2.10. The van der Waals surface area contributed by atoms with Crippen molar-refractivity contribution < 1.29 is 0 Å². The summed E-state index contributed by atoms with van der Waals surface area (Å²) in [5.74, 6) is 1.07. The highest BCUT2D eigenvalue weighted by atomic mass is 15.3. The molecular formula is C13H18N4. The molecule has 1 fully saturated rings. The van der Waals surface area contributed by atoms with Crippen LogP contribution in [0.5, 0.6) is 0 Å². The van der Waals surface area contributed by atoms with Gasteiger partial charge in [0.05, 0.1) is 5.69 Å². The number of nitrogens with two attached hydrogens (primary N) is 1. The zero-order valence-electron chi connectivity index (χ0n) is 10.1. The first-order valence-electron chi connectivity index (χ1n) is 6.24. The first-order valence-corrected chi connectivity index (χ1v) is 6.24. The Bertz CT molecular complexity index is 531. The normalized spacial score (nSPS) is 20.4. The predicted molar refractivity (Wildman–Crippen MR) is 69.1 cm³/mol. The Morgan fingerprint density at radius 2 is 2.35 bits per heavy atom. The maximum atomic E-state index is 5.89. The highest BCUT2D eigenvalue weighted by Crippen LogP contribution is 2.28. The topological polar surface area (TPSA) is 46.6 Å². The molecule has 3 heterocycles. The Balaban J connectivity index is 2.15. The molecule has 1 saturated heterocycles. The number of pyridine rings is 1. The molecule has 0 saturated carbocycles. The van der Waals surface area contributed by atoms with E-state index in [1.165, 1.54) is 12.8 Å². The van der Waals surface area contributed by atoms with Crippen LogP contribution in [-0.4, -0.2) is 22.0 Å². The molecule has 0 amide bonds. The van der Waals surface area contributed by atoms with Gasteiger partial charge in [0.2, 0.25) is 0 Å². The SMILES string of the molecule is CC1CCCN1c1nc2ccccn2c1CN. The highest BCUT2D eigenvalue weighted by Gasteiger charge is 2.25. The van der Waals surface area contributed by atoms with Gasteiger partial charge in [-0.1, -0.05) is 6.07 Å². The van der Waals surface area contributed by atoms with Crippen molar-refractivity contribution in [1.82, 2.24) is 9.38 Å². The van der Waals surface area contributed by atoms with Crippen LogP contribution in [0.15, 0.2) is 24.4 Å². The van der Waals surface area contributed by atoms with Crippen LogP contribution >= 0.6 is 0 Å². The summed E-state index contributed by atoms with van der Waals surface area (Å²) in [6, 6.07) is 6.64. The Morgan fingerprint density at radius 1 is 1.47 bits per heavy atom. The summed E-state index contributed by atoms with van der Waals surface area (Å²) in [4.78, 5) is 7.11. The average Bonchev–Trinajstić information content (AvgIpc) is 2.91. The molecule has 1 unspecified atom stereocenters. The van der Waals surface area contributed by atoms with E-state index in [1.54, 1.807) is 0 Å². The first-order chi connectivity index (χ1) is 8.31. The van der Waals surface area contributed by atoms with Gasteiger partial charge in [0.15, 0.2) is 5.82 Å². The summed E-state index contributed by atoms with van der Waals surface area (Å²) in [6.07, 6.45) is 4.53. The van der Waals surface area contributed by atoms with Gasteiger partial charge >= 0.3 is 0 Å². The van der Waals surface area contributed by atoms with Crippen LogP contribution in [0.25, 0.3) is 5.65 Å². The van der Waals surface area contributed by atoms with Crippen LogP contribution in [-0.2, 0) is 6.54 Å². The van der Waals surface area contributed by atoms with Crippen LogP contribution in [0.2, 0.25) is 0 Å². The zero-order valence-corrected chi connectivity index (χ0v) is 10.1. The summed E-state index contributed by atoms with van der Waals surface area (Å²) in [5.41, 5.74) is 7.99. The Hall–Kier alpha value is -1.55. The second-order valence-electron chi connectivity index (χ2n) is 4.70. The van der Waals surface area contributed by atoms with E-state index in [1.807, 2.05) is 24.4 Å². The molecule has 4 nitrogen and oxygen atoms in total. The van der Waals surface area contributed by atoms with E-state index in [0.29, 0.717) is 12.6 Å². The van der Waals surface area contributed by atoms with Gasteiger partial charge in [-0.3, -0.25) is 0 Å². The van der Waals surface area contributed by atoms with Crippen molar-refractivity contribution in [3.8, 4) is 0 Å². The van der Waals surface area contributed by atoms with E-state index in [2.05, 4.69) is 16.2 Å². The van der Waals surface area contributed by atoms with Gasteiger partial charge in [-0.15, -0.1) is 0 Å². The lowest BCUT2D eigenvalue weighted by molar-refractivity contribution is 0.724. The molecule has 1 atom stereocenters. The van der Waals surface area contributed by atoms with Gasteiger partial charge in [-0.2, -0.15) is 0 Å². The van der Waals surface area contributed by atoms with Crippen molar-refractivity contribution in [2.45, 2.75) is 32.4 Å². The van der Waals surface area contributed by atoms with E-state index in [9.17, 15) is 0 Å². The first kappa shape index (κ1) is 10.6. The molecule has 1 aliphatic heterocycles. The number of fused-ring (bicyclic) bond motifs is 1. The quantitative estimate of drug-likeness (QED) is 0.855. The van der Waals surface area contributed by atoms with Crippen LogP contribution in [0, 0.1) is 0 Å². The van der Waals surface area contributed by atoms with Gasteiger partial charge in [0.25, 0.3) is 0 Å². The number of hydrogen-bond acceptors (Lipinski definition) is 3. The van der Waals surface area contributed by atoms with Crippen LogP contribution in [0.1, 0.15) is 25.5 Å². The lowest BCUT2D eigenvalue weighted by atomic mass is 10.2. The van der Waals surface area contributed by atoms with Crippen molar-refractivity contribution >= 4 is 11.5 Å². The minimum Gasteiger partial charge on any atom is -0.352 e. The molecule has 1 aliphatic rings. The Morgan fingerprint density at radius 3 is 3.06 bits per heavy atom. The van der Waals surface area contributed by atoms with E-state index in [4.69, 9.17) is 10.7 Å². The molecule has 17 heavy (non-hydrogen) atoms. The van der Waals surface area contributed by atoms with Crippen LogP contribution in [0.3, 0.4) is 0 Å². The minimum atomic E-state index is 0.531. The van der Waals surface area contributed by atoms with Gasteiger partial charge in [0.1, 0.15) is 5.65 Å². The molecule has 90 valence electrons. The molecule has 0 aromatic carbocycles. The summed E-state index contributed by atoms with van der Waals surface area (Å²) in [7, 11) is 0. The molecule has 0 aliphatic carbocycles. The standard InChI is InChI=1S/C13H18N4/c1-10-5-4-8-16(10)13-11(9-14)17-7-3-2-6-12(17)15-13/h2-3,6-7,10H,4-5,8-9,14H2,1H3. The molecular weight excluding hydrogens is 212 g/mol. The third-order valence-corrected chi connectivity index (χ3v) is 3.63. The Labute approximate surface area is 101 Å². The fourth-order valence-corrected chi connectivity index (χ4v) is 2.70. The van der Waals surface area contributed by atoms with Crippen molar-refractivity contribution in [2.75, 3.05) is 11.4 Å². The van der Waals surface area contributed by atoms with Crippen molar-refractivity contribution in [3.63, 3.8) is 0 Å². The molecule has 0 bridgehead atoms. The van der Waals surface area contributed by atoms with E-state index in [-0.39, 0.29) is 0 Å². The fourth-order valence-electron chi connectivity index (χ4n) is 2.70. The number of aromatic nitrogens is 2. The van der Waals surface area contributed by atoms with Crippen LogP contribution < -0.4 is 10.6 Å². The summed E-state index contributed by atoms with van der Waals surface area (Å²) in [6.45, 7) is 3.89. The molecule has 2 N–H and O–H groups in total. The third kappa shape index (κ3) is 1.60. The molecule has 0 spiro atoms. The number of imidazole rings is 1. The largest absolute Gasteiger partial charge is 0.352 e. The molecule has 3 rings (SSSR count). The number of nitrogens with zero attached hydrogens (tertiary/aromatic N) is 3. The van der Waals surface area contributed by atoms with E-state index >= 15 is 0 Å². The highest BCUT2D eigenvalue weighted by molar-refractivity contribution is 5.56. The predicted octanol–water partition coefficient (Wildman–Crippen LogP) is 1.78. The number of rotatable bonds is 2. The van der Waals surface area contributed by atoms with Gasteiger partial charge in [-0.05, 0) is 31.9 Å². The molecule has 4 heteroatoms. The maximum absolute atomic E-state index is 5.89. The number of hydrogen-bond donors (Lipinski definition) is 1. The summed E-state index contributed by atoms with van der Waals surface area (Å²) in [5, 5.41) is 0. The van der Waals surface area contributed by atoms with Crippen LogP contribution in [0.4, 0.5) is 5.82 Å². The summed E-state index contributed by atoms with van der Waals surface area (Å²) >= 11 is 0. The number of anilines is 1. The van der Waals surface area contributed by atoms with Gasteiger partial charge in [-0.25, -0.2) is 4.98 Å². The second-order valence-corrected chi connectivity index (χ2v) is 4.70. The monoisotopic (exact) mass is 230 g/mol. The molecule has 0 radical (unpaired) electrons. The van der Waals surface area contributed by atoms with Crippen molar-refractivity contribution in [3.05, 3.63) is 30.1 Å². The fraction of sp³-hybridized carbons (Fsp3) is 0.462. The molecule has 2 aromatic rings. The lowest BCUT2D eigenvalue weighted by Gasteiger charge is -2.22. The third-order valence-electron chi connectivity index (χ3n) is 3.63. The smallest absolute Gasteiger partial charge is 0.152 e.